The number of fused-ring (bicyclic) bond motifs is 1. The summed E-state index contributed by atoms with van der Waals surface area (Å²) in [7, 11) is 1.62. The van der Waals surface area contributed by atoms with Crippen LogP contribution in [-0.4, -0.2) is 53.3 Å². The normalized spacial score (nSPS) is 21.7. The maximum atomic E-state index is 6.64. The number of halogens is 1. The van der Waals surface area contributed by atoms with Crippen molar-refractivity contribution in [2.45, 2.75) is 38.8 Å². The Balaban J connectivity index is 0.00000153. The number of benzene rings is 1. The molecular weight excluding hydrogens is 478 g/mol. The highest BCUT2D eigenvalue weighted by atomic mass is 35.5. The van der Waals surface area contributed by atoms with Crippen LogP contribution in [0.4, 0.5) is 5.95 Å². The number of piperidine rings is 1. The SMILES string of the molecule is COc1cccc(-c2c(C)nc(N3CCC4(CC3)CO[C@@H](C)[C@H]4N)n3ccnc23)c1Cl.S.S. The molecule has 0 aliphatic carbocycles. The summed E-state index contributed by atoms with van der Waals surface area (Å²) in [6.45, 7) is 6.63. The van der Waals surface area contributed by atoms with E-state index >= 15 is 0 Å². The maximum absolute atomic E-state index is 6.64. The predicted molar refractivity (Wildman–Crippen MR) is 143 cm³/mol. The molecule has 7 nitrogen and oxygen atoms in total. The van der Waals surface area contributed by atoms with E-state index in [0.717, 1.165) is 61.0 Å². The summed E-state index contributed by atoms with van der Waals surface area (Å²) < 4.78 is 13.3. The number of anilines is 1. The van der Waals surface area contributed by atoms with E-state index in [4.69, 9.17) is 31.8 Å². The number of methoxy groups -OCH3 is 1. The van der Waals surface area contributed by atoms with Gasteiger partial charge in [0.05, 0.1) is 30.5 Å². The van der Waals surface area contributed by atoms with E-state index in [9.17, 15) is 0 Å². The third-order valence-electron chi connectivity index (χ3n) is 7.05. The second kappa shape index (κ2) is 9.92. The lowest BCUT2D eigenvalue weighted by molar-refractivity contribution is 0.0973. The minimum absolute atomic E-state index is 0. The number of nitrogens with zero attached hydrogens (tertiary/aromatic N) is 4. The Morgan fingerprint density at radius 3 is 2.61 bits per heavy atom. The van der Waals surface area contributed by atoms with Crippen LogP contribution in [-0.2, 0) is 4.74 Å². The van der Waals surface area contributed by atoms with Gasteiger partial charge in [0, 0.05) is 48.1 Å². The van der Waals surface area contributed by atoms with Gasteiger partial charge in [-0.2, -0.15) is 27.0 Å². The minimum atomic E-state index is 0. The molecule has 1 aromatic carbocycles. The van der Waals surface area contributed by atoms with Crippen molar-refractivity contribution in [3.05, 3.63) is 41.3 Å². The average molecular weight is 510 g/mol. The Labute approximate surface area is 213 Å². The van der Waals surface area contributed by atoms with Crippen LogP contribution in [0.25, 0.3) is 16.8 Å². The number of hydrogen-bond acceptors (Lipinski definition) is 6. The van der Waals surface area contributed by atoms with Crippen molar-refractivity contribution in [2.75, 3.05) is 31.7 Å². The van der Waals surface area contributed by atoms with E-state index in [1.165, 1.54) is 0 Å². The molecule has 0 saturated carbocycles. The summed E-state index contributed by atoms with van der Waals surface area (Å²) in [4.78, 5) is 12.0. The van der Waals surface area contributed by atoms with Crippen LogP contribution in [0.5, 0.6) is 5.75 Å². The lowest BCUT2D eigenvalue weighted by Crippen LogP contribution is -2.51. The van der Waals surface area contributed by atoms with Gasteiger partial charge in [0.2, 0.25) is 5.95 Å². The summed E-state index contributed by atoms with van der Waals surface area (Å²) in [6.07, 6.45) is 5.90. The van der Waals surface area contributed by atoms with Crippen LogP contribution >= 0.6 is 38.6 Å². The Morgan fingerprint density at radius 2 is 1.97 bits per heavy atom. The summed E-state index contributed by atoms with van der Waals surface area (Å²) in [5.74, 6) is 1.54. The van der Waals surface area contributed by atoms with E-state index < -0.39 is 0 Å². The van der Waals surface area contributed by atoms with Crippen LogP contribution in [0.3, 0.4) is 0 Å². The van der Waals surface area contributed by atoms with Gasteiger partial charge >= 0.3 is 0 Å². The standard InChI is InChI=1S/C23H28ClN5O2.2H2S/c1-14-18(16-5-4-6-17(30-3)19(16)24)21-26-9-12-29(21)22(27-14)28-10-7-23(8-11-28)13-31-15(2)20(23)25;;/h4-6,9,12,15,20H,7-8,10-11,13,25H2,1-3H3;2*1H2/t15-,20+;;/m0../s1. The molecular formula is C23H32ClN5O2S2. The van der Waals surface area contributed by atoms with E-state index in [2.05, 4.69) is 21.2 Å². The number of rotatable bonds is 3. The van der Waals surface area contributed by atoms with Gasteiger partial charge in [-0.3, -0.25) is 4.40 Å². The van der Waals surface area contributed by atoms with Gasteiger partial charge in [-0.1, -0.05) is 23.7 Å². The summed E-state index contributed by atoms with van der Waals surface area (Å²) in [5.41, 5.74) is 10.1. The fraction of sp³-hybridized carbons (Fsp3) is 0.478. The van der Waals surface area contributed by atoms with Crippen LogP contribution in [0.1, 0.15) is 25.5 Å². The molecule has 0 radical (unpaired) electrons. The minimum Gasteiger partial charge on any atom is -0.495 e. The monoisotopic (exact) mass is 509 g/mol. The topological polar surface area (TPSA) is 77.9 Å². The largest absolute Gasteiger partial charge is 0.495 e. The summed E-state index contributed by atoms with van der Waals surface area (Å²) in [5, 5.41) is 0.566. The van der Waals surface area contributed by atoms with Gasteiger partial charge < -0.3 is 20.1 Å². The van der Waals surface area contributed by atoms with Gasteiger partial charge in [0.25, 0.3) is 0 Å². The molecule has 2 atom stereocenters. The summed E-state index contributed by atoms with van der Waals surface area (Å²) in [6, 6.07) is 5.87. The average Bonchev–Trinajstić information content (AvgIpc) is 3.36. The van der Waals surface area contributed by atoms with Crippen LogP contribution in [0.2, 0.25) is 5.02 Å². The zero-order valence-electron chi connectivity index (χ0n) is 19.1. The van der Waals surface area contributed by atoms with E-state index in [0.29, 0.717) is 10.8 Å². The fourth-order valence-electron chi connectivity index (χ4n) is 5.10. The third-order valence-corrected chi connectivity index (χ3v) is 7.44. The molecule has 2 N–H and O–H groups in total. The van der Waals surface area contributed by atoms with Crippen molar-refractivity contribution in [2.24, 2.45) is 11.1 Å². The van der Waals surface area contributed by atoms with Gasteiger partial charge in [-0.15, -0.1) is 0 Å². The Kier molecular flexibility index (Phi) is 7.80. The van der Waals surface area contributed by atoms with E-state index in [1.807, 2.05) is 37.5 Å². The highest BCUT2D eigenvalue weighted by molar-refractivity contribution is 7.59. The van der Waals surface area contributed by atoms with Crippen molar-refractivity contribution in [1.29, 1.82) is 0 Å². The Morgan fingerprint density at radius 1 is 1.24 bits per heavy atom. The van der Waals surface area contributed by atoms with Crippen LogP contribution < -0.4 is 15.4 Å². The molecule has 2 aliphatic heterocycles. The molecule has 33 heavy (non-hydrogen) atoms. The first kappa shape index (κ1) is 26.0. The number of aryl methyl sites for hydroxylation is 1. The zero-order valence-corrected chi connectivity index (χ0v) is 21.9. The predicted octanol–water partition coefficient (Wildman–Crippen LogP) is 3.92. The molecule has 180 valence electrons. The second-order valence-corrected chi connectivity index (χ2v) is 9.08. The van der Waals surface area contributed by atoms with Crippen LogP contribution in [0.15, 0.2) is 30.6 Å². The molecule has 0 bridgehead atoms. The molecule has 2 aromatic heterocycles. The first-order chi connectivity index (χ1) is 14.9. The molecule has 3 aromatic rings. The van der Waals surface area contributed by atoms with Crippen LogP contribution in [0, 0.1) is 12.3 Å². The van der Waals surface area contributed by atoms with Gasteiger partial charge in [-0.25, -0.2) is 9.97 Å². The zero-order chi connectivity index (χ0) is 21.8. The van der Waals surface area contributed by atoms with Crippen molar-refractivity contribution >= 4 is 50.2 Å². The van der Waals surface area contributed by atoms with Gasteiger partial charge in [0.15, 0.2) is 0 Å². The first-order valence-electron chi connectivity index (χ1n) is 10.7. The smallest absolute Gasteiger partial charge is 0.211 e. The Bertz CT molecular complexity index is 1130. The van der Waals surface area contributed by atoms with Crippen molar-refractivity contribution in [3.8, 4) is 16.9 Å². The molecule has 10 heteroatoms. The summed E-state index contributed by atoms with van der Waals surface area (Å²) >= 11 is 6.64. The lowest BCUT2D eigenvalue weighted by Gasteiger charge is -2.41. The number of hydrogen-bond donors (Lipinski definition) is 1. The van der Waals surface area contributed by atoms with Crippen molar-refractivity contribution < 1.29 is 9.47 Å². The first-order valence-corrected chi connectivity index (χ1v) is 11.1. The molecule has 0 unspecified atom stereocenters. The maximum Gasteiger partial charge on any atom is 0.211 e. The molecule has 1 spiro atoms. The highest BCUT2D eigenvalue weighted by Gasteiger charge is 2.47. The fourth-order valence-corrected chi connectivity index (χ4v) is 5.39. The molecule has 2 fully saturated rings. The third kappa shape index (κ3) is 4.18. The number of nitrogens with two attached hydrogens (primary N) is 1. The number of imidazole rings is 1. The molecule has 2 aliphatic rings. The second-order valence-electron chi connectivity index (χ2n) is 8.71. The molecule has 2 saturated heterocycles. The quantitative estimate of drug-likeness (QED) is 0.576. The van der Waals surface area contributed by atoms with E-state index in [-0.39, 0.29) is 44.6 Å². The number of aromatic nitrogens is 3. The molecule has 4 heterocycles. The molecule has 5 rings (SSSR count). The van der Waals surface area contributed by atoms with E-state index in [1.54, 1.807) is 7.11 Å². The van der Waals surface area contributed by atoms with Crippen molar-refractivity contribution in [3.63, 3.8) is 0 Å². The van der Waals surface area contributed by atoms with Gasteiger partial charge in [-0.05, 0) is 32.8 Å². The lowest BCUT2D eigenvalue weighted by atomic mass is 9.73. The number of ether oxygens (including phenoxy) is 2. The highest BCUT2D eigenvalue weighted by Crippen LogP contribution is 2.43. The Hall–Kier alpha value is -1.65. The van der Waals surface area contributed by atoms with Gasteiger partial charge in [0.1, 0.15) is 11.4 Å². The van der Waals surface area contributed by atoms with Crippen molar-refractivity contribution in [1.82, 2.24) is 14.4 Å². The molecule has 0 amide bonds.